The van der Waals surface area contributed by atoms with Crippen LogP contribution >= 0.6 is 34.4 Å². The Morgan fingerprint density at radius 1 is 1.29 bits per heavy atom. The summed E-state index contributed by atoms with van der Waals surface area (Å²) in [5.74, 6) is 0.405. The van der Waals surface area contributed by atoms with Crippen molar-refractivity contribution >= 4 is 51.3 Å². The molecule has 3 aromatic rings. The number of anilines is 1. The summed E-state index contributed by atoms with van der Waals surface area (Å²) in [6, 6.07) is 1.72. The predicted molar refractivity (Wildman–Crippen MR) is 125 cm³/mol. The van der Waals surface area contributed by atoms with E-state index in [-0.39, 0.29) is 11.7 Å². The Hall–Kier alpha value is -2.17. The Labute approximate surface area is 193 Å². The number of ether oxygens (including phenoxy) is 1. The number of nitrogens with one attached hydrogen (secondary N) is 1. The molecule has 0 atom stereocenters. The predicted octanol–water partition coefficient (Wildman–Crippen LogP) is 4.79. The molecule has 0 unspecified atom stereocenters. The summed E-state index contributed by atoms with van der Waals surface area (Å²) in [7, 11) is 1.33. The van der Waals surface area contributed by atoms with Crippen LogP contribution in [0.5, 0.6) is 0 Å². The fourth-order valence-electron chi connectivity index (χ4n) is 3.72. The molecule has 31 heavy (non-hydrogen) atoms. The molecule has 7 nitrogen and oxygen atoms in total. The summed E-state index contributed by atoms with van der Waals surface area (Å²) in [6.07, 6.45) is 4.72. The second-order valence-electron chi connectivity index (χ2n) is 7.24. The van der Waals surface area contributed by atoms with Crippen LogP contribution in [0.1, 0.15) is 45.4 Å². The van der Waals surface area contributed by atoms with Crippen molar-refractivity contribution in [3.05, 3.63) is 32.3 Å². The maximum atomic E-state index is 12.6. The number of esters is 1. The van der Waals surface area contributed by atoms with E-state index in [1.165, 1.54) is 59.1 Å². The Kier molecular flexibility index (Phi) is 6.78. The smallest absolute Gasteiger partial charge is 0.340 e. The Balaban J connectivity index is 1.47. The van der Waals surface area contributed by atoms with Crippen LogP contribution < -0.4 is 5.32 Å². The van der Waals surface area contributed by atoms with Gasteiger partial charge in [-0.1, -0.05) is 11.8 Å². The van der Waals surface area contributed by atoms with Gasteiger partial charge >= 0.3 is 5.97 Å². The fourth-order valence-corrected chi connectivity index (χ4v) is 6.57. The lowest BCUT2D eigenvalue weighted by atomic mass is 9.96. The molecule has 0 bridgehead atoms. The molecule has 0 fully saturated rings. The van der Waals surface area contributed by atoms with Gasteiger partial charge in [-0.05, 0) is 51.2 Å². The number of rotatable bonds is 7. The molecule has 3 heterocycles. The molecule has 1 amide bonds. The van der Waals surface area contributed by atoms with Crippen molar-refractivity contribution in [1.29, 1.82) is 0 Å². The topological polar surface area (TPSA) is 86.1 Å². The van der Waals surface area contributed by atoms with E-state index in [9.17, 15) is 9.59 Å². The average molecular weight is 477 g/mol. The number of methoxy groups -OCH3 is 1. The number of thiophene rings is 2. The number of thioether (sulfide) groups is 1. The highest BCUT2D eigenvalue weighted by Gasteiger charge is 2.22. The maximum absolute atomic E-state index is 12.6. The van der Waals surface area contributed by atoms with Crippen LogP contribution in [0.25, 0.3) is 11.4 Å². The molecule has 0 aromatic carbocycles. The van der Waals surface area contributed by atoms with Crippen molar-refractivity contribution in [1.82, 2.24) is 14.8 Å². The molecule has 1 N–H and O–H groups in total. The molecule has 3 aromatic heterocycles. The van der Waals surface area contributed by atoms with Crippen molar-refractivity contribution < 1.29 is 14.3 Å². The Morgan fingerprint density at radius 2 is 2.10 bits per heavy atom. The number of aromatic nitrogens is 3. The van der Waals surface area contributed by atoms with Crippen LogP contribution in [0, 0.1) is 6.92 Å². The molecule has 0 saturated carbocycles. The Bertz CT molecular complexity index is 1120. The van der Waals surface area contributed by atoms with Crippen LogP contribution in [0.3, 0.4) is 0 Å². The van der Waals surface area contributed by atoms with Crippen LogP contribution in [0.4, 0.5) is 5.00 Å². The number of hydrogen-bond acceptors (Lipinski definition) is 8. The molecule has 164 valence electrons. The number of aryl methyl sites for hydroxylation is 2. The summed E-state index contributed by atoms with van der Waals surface area (Å²) < 4.78 is 6.87. The third-order valence-corrected chi connectivity index (χ3v) is 8.20. The molecule has 0 radical (unpaired) electrons. The molecule has 4 rings (SSSR count). The van der Waals surface area contributed by atoms with E-state index >= 15 is 0 Å². The van der Waals surface area contributed by atoms with Gasteiger partial charge in [0, 0.05) is 27.2 Å². The summed E-state index contributed by atoms with van der Waals surface area (Å²) in [4.78, 5) is 26.9. The van der Waals surface area contributed by atoms with Gasteiger partial charge in [-0.3, -0.25) is 4.79 Å². The fraction of sp³-hybridized carbons (Fsp3) is 0.429. The second kappa shape index (κ2) is 9.54. The van der Waals surface area contributed by atoms with Crippen molar-refractivity contribution in [3.8, 4) is 11.4 Å². The van der Waals surface area contributed by atoms with Gasteiger partial charge in [-0.25, -0.2) is 4.79 Å². The van der Waals surface area contributed by atoms with E-state index < -0.39 is 5.97 Å². The monoisotopic (exact) mass is 476 g/mol. The molecule has 0 spiro atoms. The third-order valence-electron chi connectivity index (χ3n) is 5.18. The normalized spacial score (nSPS) is 13.1. The lowest BCUT2D eigenvalue weighted by Gasteiger charge is -2.13. The highest BCUT2D eigenvalue weighted by Crippen LogP contribution is 2.37. The molecular weight excluding hydrogens is 452 g/mol. The molecule has 1 aliphatic rings. The van der Waals surface area contributed by atoms with Gasteiger partial charge in [0.05, 0.1) is 18.4 Å². The van der Waals surface area contributed by atoms with Crippen molar-refractivity contribution in [2.75, 3.05) is 18.2 Å². The van der Waals surface area contributed by atoms with E-state index in [1.54, 1.807) is 6.07 Å². The van der Waals surface area contributed by atoms with Gasteiger partial charge in [-0.15, -0.1) is 32.9 Å². The van der Waals surface area contributed by atoms with Gasteiger partial charge in [-0.2, -0.15) is 0 Å². The Morgan fingerprint density at radius 3 is 2.87 bits per heavy atom. The van der Waals surface area contributed by atoms with E-state index in [1.807, 2.05) is 18.3 Å². The number of amides is 1. The van der Waals surface area contributed by atoms with Crippen LogP contribution in [-0.2, 0) is 28.9 Å². The zero-order valence-corrected chi connectivity index (χ0v) is 20.1. The number of nitrogens with zero attached hydrogens (tertiary/aromatic N) is 3. The number of hydrogen-bond donors (Lipinski definition) is 1. The summed E-state index contributed by atoms with van der Waals surface area (Å²) in [5.41, 5.74) is 2.97. The summed E-state index contributed by atoms with van der Waals surface area (Å²) in [6.45, 7) is 4.68. The second-order valence-corrected chi connectivity index (χ2v) is 10.4. The first-order chi connectivity index (χ1) is 15.0. The minimum absolute atomic E-state index is 0.178. The van der Waals surface area contributed by atoms with E-state index in [0.29, 0.717) is 10.6 Å². The van der Waals surface area contributed by atoms with Gasteiger partial charge in [0.15, 0.2) is 11.0 Å². The minimum atomic E-state index is -0.457. The number of carbonyl (C=O) groups is 2. The first kappa shape index (κ1) is 22.0. The largest absolute Gasteiger partial charge is 0.465 e. The SMILES string of the molecule is CCn1c(SCC(=O)Nc2sc(C)cc2C(=O)OC)nnc1-c1csc2c1CCCC2. The van der Waals surface area contributed by atoms with Gasteiger partial charge in [0.25, 0.3) is 0 Å². The molecule has 0 aliphatic heterocycles. The van der Waals surface area contributed by atoms with Gasteiger partial charge < -0.3 is 14.6 Å². The molecular formula is C21H24N4O3S3. The molecule has 0 saturated heterocycles. The van der Waals surface area contributed by atoms with E-state index in [0.717, 1.165) is 35.2 Å². The van der Waals surface area contributed by atoms with Crippen molar-refractivity contribution in [3.63, 3.8) is 0 Å². The van der Waals surface area contributed by atoms with Crippen LogP contribution in [-0.4, -0.2) is 39.5 Å². The quantitative estimate of drug-likeness (QED) is 0.390. The minimum Gasteiger partial charge on any atom is -0.465 e. The lowest BCUT2D eigenvalue weighted by Crippen LogP contribution is -2.16. The zero-order chi connectivity index (χ0) is 22.0. The standard InChI is InChI=1S/C21H24N4O3S3/c1-4-25-18(15-10-29-16-8-6-5-7-13(15)16)23-24-21(25)30-11-17(26)22-19-14(20(27)28-3)9-12(2)31-19/h9-10H,4-8,11H2,1-3H3,(H,22,26). The average Bonchev–Trinajstić information content (AvgIpc) is 3.47. The van der Waals surface area contributed by atoms with Gasteiger partial charge in [0.1, 0.15) is 5.00 Å². The van der Waals surface area contributed by atoms with Gasteiger partial charge in [0.2, 0.25) is 5.91 Å². The van der Waals surface area contributed by atoms with E-state index in [4.69, 9.17) is 4.74 Å². The highest BCUT2D eigenvalue weighted by molar-refractivity contribution is 7.99. The van der Waals surface area contributed by atoms with Crippen LogP contribution in [0.2, 0.25) is 0 Å². The van der Waals surface area contributed by atoms with E-state index in [2.05, 4.69) is 32.4 Å². The summed E-state index contributed by atoms with van der Waals surface area (Å²) >= 11 is 4.52. The first-order valence-electron chi connectivity index (χ1n) is 10.2. The molecule has 10 heteroatoms. The summed E-state index contributed by atoms with van der Waals surface area (Å²) in [5, 5.41) is 15.1. The number of carbonyl (C=O) groups excluding carboxylic acids is 2. The lowest BCUT2D eigenvalue weighted by molar-refractivity contribution is -0.113. The van der Waals surface area contributed by atoms with Crippen molar-refractivity contribution in [2.24, 2.45) is 0 Å². The first-order valence-corrected chi connectivity index (χ1v) is 12.8. The van der Waals surface area contributed by atoms with Crippen molar-refractivity contribution in [2.45, 2.75) is 51.2 Å². The zero-order valence-electron chi connectivity index (χ0n) is 17.7. The van der Waals surface area contributed by atoms with Crippen LogP contribution in [0.15, 0.2) is 16.6 Å². The highest BCUT2D eigenvalue weighted by atomic mass is 32.2. The third kappa shape index (κ3) is 4.56. The molecule has 1 aliphatic carbocycles. The number of fused-ring (bicyclic) bond motifs is 1. The maximum Gasteiger partial charge on any atom is 0.340 e.